The van der Waals surface area contributed by atoms with Gasteiger partial charge < -0.3 is 21.1 Å². The van der Waals surface area contributed by atoms with Gasteiger partial charge in [0.15, 0.2) is 11.6 Å². The summed E-state index contributed by atoms with van der Waals surface area (Å²) in [6, 6.07) is 14.0. The number of nitrogens with one attached hydrogen (secondary N) is 2. The Morgan fingerprint density at radius 2 is 1.94 bits per heavy atom. The fraction of sp³-hybridized carbons (Fsp3) is 0.269. The highest BCUT2D eigenvalue weighted by molar-refractivity contribution is 6.34. The van der Waals surface area contributed by atoms with Crippen LogP contribution in [0.5, 0.6) is 5.75 Å². The first-order valence-corrected chi connectivity index (χ1v) is 11.5. The van der Waals surface area contributed by atoms with Gasteiger partial charge in [-0.2, -0.15) is 0 Å². The zero-order valence-corrected chi connectivity index (χ0v) is 19.3. The van der Waals surface area contributed by atoms with Gasteiger partial charge in [-0.3, -0.25) is 4.79 Å². The average molecular weight is 484 g/mol. The largest absolute Gasteiger partial charge is 0.494 e. The summed E-state index contributed by atoms with van der Waals surface area (Å²) in [6.07, 6.45) is 2.34. The van der Waals surface area contributed by atoms with Crippen molar-refractivity contribution in [3.8, 4) is 16.9 Å². The van der Waals surface area contributed by atoms with E-state index in [0.717, 1.165) is 24.9 Å². The number of hydrogen-bond acceptors (Lipinski definition) is 4. The van der Waals surface area contributed by atoms with Crippen LogP contribution in [0.1, 0.15) is 34.3 Å². The fourth-order valence-corrected chi connectivity index (χ4v) is 5.64. The number of anilines is 1. The van der Waals surface area contributed by atoms with E-state index in [1.807, 2.05) is 30.3 Å². The van der Waals surface area contributed by atoms with Gasteiger partial charge in [-0.15, -0.1) is 0 Å². The number of fused-ring (bicyclic) bond motifs is 1. The molecule has 5 rings (SSSR count). The Labute approximate surface area is 201 Å². The van der Waals surface area contributed by atoms with Gasteiger partial charge in [0.05, 0.1) is 23.2 Å². The molecule has 2 heterocycles. The maximum atomic E-state index is 15.6. The highest BCUT2D eigenvalue weighted by Crippen LogP contribution is 2.51. The molecule has 3 aromatic carbocycles. The second-order valence-electron chi connectivity index (χ2n) is 8.73. The van der Waals surface area contributed by atoms with Crippen LogP contribution >= 0.6 is 11.6 Å². The number of methoxy groups -OCH3 is 1. The van der Waals surface area contributed by atoms with E-state index in [1.165, 1.54) is 25.3 Å². The molecule has 0 spiro atoms. The Morgan fingerprint density at radius 3 is 2.59 bits per heavy atom. The molecule has 8 heteroatoms. The summed E-state index contributed by atoms with van der Waals surface area (Å²) in [5.74, 6) is -2.47. The second-order valence-corrected chi connectivity index (χ2v) is 9.11. The Kier molecular flexibility index (Phi) is 5.70. The number of halogens is 3. The third-order valence-corrected chi connectivity index (χ3v) is 7.30. The van der Waals surface area contributed by atoms with Gasteiger partial charge in [0.25, 0.3) is 0 Å². The number of carbonyl (C=O) groups is 1. The van der Waals surface area contributed by atoms with E-state index in [4.69, 9.17) is 22.1 Å². The normalized spacial score (nSPS) is 21.2. The molecule has 1 saturated heterocycles. The highest BCUT2D eigenvalue weighted by Gasteiger charge is 2.47. The summed E-state index contributed by atoms with van der Waals surface area (Å²) in [7, 11) is 1.32. The quantitative estimate of drug-likeness (QED) is 0.477. The molecule has 4 N–H and O–H groups in total. The maximum Gasteiger partial charge on any atom is 0.249 e. The van der Waals surface area contributed by atoms with E-state index in [0.29, 0.717) is 17.7 Å². The minimum Gasteiger partial charge on any atom is -0.494 e. The van der Waals surface area contributed by atoms with Gasteiger partial charge in [-0.25, -0.2) is 8.78 Å². The van der Waals surface area contributed by atoms with Crippen LogP contribution in [0.2, 0.25) is 5.02 Å². The Hall–Kier alpha value is -3.16. The molecule has 0 saturated carbocycles. The lowest BCUT2D eigenvalue weighted by Crippen LogP contribution is -2.50. The predicted molar refractivity (Wildman–Crippen MR) is 128 cm³/mol. The predicted octanol–water partition coefficient (Wildman–Crippen LogP) is 5.01. The van der Waals surface area contributed by atoms with E-state index < -0.39 is 23.1 Å². The minimum atomic E-state index is -0.844. The number of rotatable bonds is 5. The van der Waals surface area contributed by atoms with Crippen LogP contribution in [0.25, 0.3) is 11.1 Å². The topological polar surface area (TPSA) is 76.4 Å². The fourth-order valence-electron chi connectivity index (χ4n) is 5.37. The van der Waals surface area contributed by atoms with Gasteiger partial charge in [-0.1, -0.05) is 41.9 Å². The lowest BCUT2D eigenvalue weighted by Gasteiger charge is -2.37. The monoisotopic (exact) mass is 483 g/mol. The molecule has 0 bridgehead atoms. The van der Waals surface area contributed by atoms with E-state index in [-0.39, 0.29) is 33.5 Å². The van der Waals surface area contributed by atoms with Gasteiger partial charge in [0.1, 0.15) is 5.82 Å². The number of amides is 1. The number of nitrogens with two attached hydrogens (primary N) is 1. The molecule has 5 nitrogen and oxygen atoms in total. The first kappa shape index (κ1) is 22.6. The van der Waals surface area contributed by atoms with Gasteiger partial charge in [-0.05, 0) is 48.7 Å². The molecular weight excluding hydrogens is 460 g/mol. The van der Waals surface area contributed by atoms with Crippen molar-refractivity contribution in [3.05, 3.63) is 81.9 Å². The number of carbonyl (C=O) groups excluding carboxylic acids is 1. The van der Waals surface area contributed by atoms with Crippen LogP contribution in [0.4, 0.5) is 14.5 Å². The van der Waals surface area contributed by atoms with E-state index in [1.54, 1.807) is 0 Å². The lowest BCUT2D eigenvalue weighted by molar-refractivity contribution is 0.100. The first-order chi connectivity index (χ1) is 16.4. The third kappa shape index (κ3) is 3.42. The summed E-state index contributed by atoms with van der Waals surface area (Å²) < 4.78 is 35.9. The Morgan fingerprint density at radius 1 is 1.18 bits per heavy atom. The molecule has 2 atom stereocenters. The molecule has 34 heavy (non-hydrogen) atoms. The second kappa shape index (κ2) is 8.56. The summed E-state index contributed by atoms with van der Waals surface area (Å²) in [5.41, 5.74) is 7.00. The molecule has 1 fully saturated rings. The van der Waals surface area contributed by atoms with Crippen molar-refractivity contribution >= 4 is 23.2 Å². The van der Waals surface area contributed by atoms with Crippen molar-refractivity contribution in [1.82, 2.24) is 5.32 Å². The van der Waals surface area contributed by atoms with Crippen molar-refractivity contribution in [2.45, 2.75) is 30.8 Å². The molecule has 3 aromatic rings. The number of ether oxygens (including phenoxy) is 1. The van der Waals surface area contributed by atoms with Crippen LogP contribution in [0.15, 0.2) is 48.5 Å². The average Bonchev–Trinajstić information content (AvgIpc) is 3.50. The molecule has 0 aromatic heterocycles. The third-order valence-electron chi connectivity index (χ3n) is 6.93. The van der Waals surface area contributed by atoms with Crippen LogP contribution in [0, 0.1) is 11.6 Å². The van der Waals surface area contributed by atoms with E-state index in [9.17, 15) is 4.79 Å². The summed E-state index contributed by atoms with van der Waals surface area (Å²) in [6.45, 7) is 0.871. The van der Waals surface area contributed by atoms with E-state index >= 15 is 8.78 Å². The standard InChI is InChI=1S/C26H24ClF2N3O2/c1-34-19-10-9-15(25(30)33)22(24(19)29)21-16-13-26(20-8-5-11-31-20,14-6-3-2-4-7-14)32-18(16)12-17(28)23(21)27/h2-4,6-7,9-10,12,20,31-32H,5,8,11,13H2,1H3,(H2,30,33)/t20-,26?/m0/s1. The van der Waals surface area contributed by atoms with Crippen molar-refractivity contribution in [3.63, 3.8) is 0 Å². The van der Waals surface area contributed by atoms with Crippen LogP contribution in [0.3, 0.4) is 0 Å². The van der Waals surface area contributed by atoms with Crippen molar-refractivity contribution in [2.24, 2.45) is 5.73 Å². The zero-order valence-electron chi connectivity index (χ0n) is 18.6. The van der Waals surface area contributed by atoms with Gasteiger partial charge >= 0.3 is 0 Å². The molecule has 2 aliphatic heterocycles. The SMILES string of the molecule is COc1ccc(C(N)=O)c(-c2c(Cl)c(F)cc3c2CC(c2ccccc2)([C@@H]2CCCN2)N3)c1F. The summed E-state index contributed by atoms with van der Waals surface area (Å²) in [5, 5.41) is 6.85. The molecule has 0 radical (unpaired) electrons. The molecule has 176 valence electrons. The number of hydrogen-bond donors (Lipinski definition) is 3. The van der Waals surface area contributed by atoms with Gasteiger partial charge in [0.2, 0.25) is 5.91 Å². The zero-order chi connectivity index (χ0) is 24.0. The van der Waals surface area contributed by atoms with Crippen molar-refractivity contribution in [2.75, 3.05) is 19.0 Å². The van der Waals surface area contributed by atoms with Crippen LogP contribution < -0.4 is 21.1 Å². The van der Waals surface area contributed by atoms with Crippen LogP contribution in [-0.4, -0.2) is 25.6 Å². The molecule has 1 unspecified atom stereocenters. The van der Waals surface area contributed by atoms with Crippen molar-refractivity contribution in [1.29, 1.82) is 0 Å². The number of benzene rings is 3. The van der Waals surface area contributed by atoms with Gasteiger partial charge in [0, 0.05) is 29.3 Å². The number of primary amides is 1. The molecule has 0 aliphatic carbocycles. The Bertz CT molecular complexity index is 1280. The lowest BCUT2D eigenvalue weighted by atomic mass is 9.78. The molecule has 2 aliphatic rings. The van der Waals surface area contributed by atoms with E-state index in [2.05, 4.69) is 10.6 Å². The smallest absolute Gasteiger partial charge is 0.249 e. The molecular formula is C26H24ClF2N3O2. The van der Waals surface area contributed by atoms with Crippen LogP contribution in [-0.2, 0) is 12.0 Å². The first-order valence-electron chi connectivity index (χ1n) is 11.1. The summed E-state index contributed by atoms with van der Waals surface area (Å²) in [4.78, 5) is 12.3. The summed E-state index contributed by atoms with van der Waals surface area (Å²) >= 11 is 6.48. The van der Waals surface area contributed by atoms with Crippen molar-refractivity contribution < 1.29 is 18.3 Å². The highest BCUT2D eigenvalue weighted by atomic mass is 35.5. The Balaban J connectivity index is 1.77. The maximum absolute atomic E-state index is 15.6. The minimum absolute atomic E-state index is 0.0581. The molecule has 1 amide bonds.